The van der Waals surface area contributed by atoms with Crippen LogP contribution in [0.15, 0.2) is 113 Å². The molecule has 0 atom stereocenters. The van der Waals surface area contributed by atoms with Crippen molar-refractivity contribution in [2.75, 3.05) is 12.8 Å². The fourth-order valence-corrected chi connectivity index (χ4v) is 10.4. The third-order valence-electron chi connectivity index (χ3n) is 8.27. The number of hydrogen-bond acceptors (Lipinski definition) is 4. The van der Waals surface area contributed by atoms with E-state index < -0.39 is 25.4 Å². The van der Waals surface area contributed by atoms with Crippen LogP contribution >= 0.6 is 7.26 Å². The average Bonchev–Trinajstić information content (AvgIpc) is 3.02. The molecule has 0 saturated carbocycles. The number of hydrogen-bond donors (Lipinski definition) is 2. The summed E-state index contributed by atoms with van der Waals surface area (Å²) in [4.78, 5) is 24.5. The Morgan fingerprint density at radius 2 is 0.951 bits per heavy atom. The number of carbonyl (C=O) groups is 2. The molecular weight excluding hydrogens is 527 g/mol. The Morgan fingerprint density at radius 1 is 0.561 bits per heavy atom. The van der Waals surface area contributed by atoms with Crippen molar-refractivity contribution in [2.24, 2.45) is 0 Å². The van der Waals surface area contributed by atoms with Crippen molar-refractivity contribution in [3.63, 3.8) is 0 Å². The normalized spacial score (nSPS) is 14.2. The monoisotopic (exact) mass is 569 g/mol. The number of ketones is 2. The van der Waals surface area contributed by atoms with Gasteiger partial charge in [0.05, 0.1) is 18.3 Å². The Morgan fingerprint density at radius 3 is 1.39 bits per heavy atom. The summed E-state index contributed by atoms with van der Waals surface area (Å²) in [5, 5.41) is 23.8. The highest BCUT2D eigenvalue weighted by Gasteiger charge is 2.44. The molecule has 0 aromatic heterocycles. The van der Waals surface area contributed by atoms with Crippen LogP contribution in [0.4, 0.5) is 0 Å². The topological polar surface area (TPSA) is 74.6 Å². The molecule has 1 aliphatic carbocycles. The average molecular weight is 570 g/mol. The smallest absolute Gasteiger partial charge is 0.235 e. The van der Waals surface area contributed by atoms with E-state index in [4.69, 9.17) is 0 Å². The van der Waals surface area contributed by atoms with Gasteiger partial charge in [0.25, 0.3) is 0 Å². The Labute approximate surface area is 245 Å². The molecule has 2 N–H and O–H groups in total. The van der Waals surface area contributed by atoms with E-state index in [0.717, 1.165) is 31.8 Å². The van der Waals surface area contributed by atoms with Crippen LogP contribution in [0.5, 0.6) is 0 Å². The van der Waals surface area contributed by atoms with Gasteiger partial charge in [-0.15, -0.1) is 0 Å². The maximum Gasteiger partial charge on any atom is 0.235 e. The lowest BCUT2D eigenvalue weighted by atomic mass is 9.86. The molecule has 214 valence electrons. The lowest BCUT2D eigenvalue weighted by Gasteiger charge is -2.27. The van der Waals surface area contributed by atoms with Crippen LogP contribution in [-0.4, -0.2) is 34.5 Å². The van der Waals surface area contributed by atoms with Crippen LogP contribution in [0.25, 0.3) is 0 Å². The minimum atomic E-state index is -1.75. The van der Waals surface area contributed by atoms with Gasteiger partial charge in [0.1, 0.15) is 28.9 Å². The van der Waals surface area contributed by atoms with Crippen molar-refractivity contribution in [1.82, 2.24) is 0 Å². The molecule has 0 spiro atoms. The first-order chi connectivity index (χ1) is 20.0. The molecular formula is C36H42O4P+. The highest BCUT2D eigenvalue weighted by molar-refractivity contribution is 7.95. The first-order valence-electron chi connectivity index (χ1n) is 14.9. The standard InChI is InChI=1S/C36H41O4P/c1-28-32(35(39)36(40)33(27-37)34(28)38)25-17-6-4-2-3-5-7-18-26-41(29-19-11-8-12-20-29,30-21-13-9-14-22-30)31-23-15-10-16-24-31/h8-16,19-24,37H,2-7,17-18,25-27H2,1H3/p+1. The molecule has 0 radical (unpaired) electrons. The lowest BCUT2D eigenvalue weighted by molar-refractivity contribution is -0.132. The molecule has 3 aromatic carbocycles. The summed E-state index contributed by atoms with van der Waals surface area (Å²) in [7, 11) is -1.75. The van der Waals surface area contributed by atoms with Crippen molar-refractivity contribution in [2.45, 2.75) is 64.7 Å². The minimum absolute atomic E-state index is 0.188. The van der Waals surface area contributed by atoms with Crippen LogP contribution in [0.3, 0.4) is 0 Å². The Kier molecular flexibility index (Phi) is 11.2. The summed E-state index contributed by atoms with van der Waals surface area (Å²) in [6, 6.07) is 33.2. The second kappa shape index (κ2) is 15.1. The van der Waals surface area contributed by atoms with Crippen LogP contribution < -0.4 is 15.9 Å². The quantitative estimate of drug-likeness (QED) is 0.0918. The molecule has 0 unspecified atom stereocenters. The van der Waals surface area contributed by atoms with Crippen LogP contribution in [0.2, 0.25) is 0 Å². The number of benzene rings is 3. The fourth-order valence-electron chi connectivity index (χ4n) is 5.96. The summed E-state index contributed by atoms with van der Waals surface area (Å²) in [6.07, 6.45) is 10.5. The van der Waals surface area contributed by atoms with Crippen LogP contribution in [-0.2, 0) is 9.59 Å². The molecule has 1 aliphatic rings. The Hall–Kier alpha value is -3.33. The Balaban J connectivity index is 1.27. The highest BCUT2D eigenvalue weighted by atomic mass is 31.2. The fraction of sp³-hybridized carbons (Fsp3) is 0.333. The van der Waals surface area contributed by atoms with Gasteiger partial charge < -0.3 is 10.2 Å². The molecule has 0 heterocycles. The molecule has 0 fully saturated rings. The van der Waals surface area contributed by atoms with E-state index in [1.54, 1.807) is 6.92 Å². The molecule has 41 heavy (non-hydrogen) atoms. The zero-order valence-electron chi connectivity index (χ0n) is 24.1. The second-order valence-electron chi connectivity index (χ2n) is 10.9. The first kappa shape index (κ1) is 30.6. The van der Waals surface area contributed by atoms with Gasteiger partial charge in [0.2, 0.25) is 11.6 Å². The number of carbonyl (C=O) groups excluding carboxylic acids is 2. The maximum atomic E-state index is 12.4. The van der Waals surface area contributed by atoms with E-state index in [9.17, 15) is 19.8 Å². The van der Waals surface area contributed by atoms with E-state index in [1.165, 1.54) is 41.6 Å². The summed E-state index contributed by atoms with van der Waals surface area (Å²) >= 11 is 0. The van der Waals surface area contributed by atoms with E-state index in [0.29, 0.717) is 17.6 Å². The number of rotatable bonds is 15. The predicted molar refractivity (Wildman–Crippen MR) is 171 cm³/mol. The molecule has 3 aromatic rings. The molecule has 0 saturated heterocycles. The van der Waals surface area contributed by atoms with Gasteiger partial charge in [-0.2, -0.15) is 0 Å². The van der Waals surface area contributed by atoms with Crippen LogP contribution in [0.1, 0.15) is 64.7 Å². The van der Waals surface area contributed by atoms with E-state index in [2.05, 4.69) is 91.0 Å². The van der Waals surface area contributed by atoms with Crippen molar-refractivity contribution in [3.8, 4) is 0 Å². The van der Waals surface area contributed by atoms with E-state index in [1.807, 2.05) is 0 Å². The number of aliphatic hydroxyl groups excluding tert-OH is 2. The van der Waals surface area contributed by atoms with Gasteiger partial charge in [0, 0.05) is 5.57 Å². The zero-order valence-corrected chi connectivity index (χ0v) is 25.0. The Bertz CT molecular complexity index is 1260. The maximum absolute atomic E-state index is 12.4. The molecule has 0 amide bonds. The summed E-state index contributed by atoms with van der Waals surface area (Å²) in [6.45, 7) is 1.03. The summed E-state index contributed by atoms with van der Waals surface area (Å²) in [5.41, 5.74) is 0.637. The number of allylic oxidation sites excluding steroid dienone is 2. The van der Waals surface area contributed by atoms with Crippen molar-refractivity contribution in [3.05, 3.63) is 113 Å². The van der Waals surface area contributed by atoms with Crippen molar-refractivity contribution < 1.29 is 19.8 Å². The lowest BCUT2D eigenvalue weighted by Crippen LogP contribution is -2.33. The van der Waals surface area contributed by atoms with Gasteiger partial charge in [-0.25, -0.2) is 0 Å². The number of aliphatic hydroxyl groups is 2. The first-order valence-corrected chi connectivity index (χ1v) is 16.8. The summed E-state index contributed by atoms with van der Waals surface area (Å²) < 4.78 is 0. The van der Waals surface area contributed by atoms with Gasteiger partial charge in [0.15, 0.2) is 0 Å². The van der Waals surface area contributed by atoms with E-state index >= 15 is 0 Å². The zero-order chi connectivity index (χ0) is 29.1. The molecule has 4 nitrogen and oxygen atoms in total. The van der Waals surface area contributed by atoms with E-state index in [-0.39, 0.29) is 11.3 Å². The molecule has 5 heteroatoms. The molecule has 4 rings (SSSR count). The molecule has 0 bridgehead atoms. The van der Waals surface area contributed by atoms with Crippen molar-refractivity contribution in [1.29, 1.82) is 0 Å². The SMILES string of the molecule is CC1=C(CCCCCCCCCC[P+](c2ccccc2)(c2ccccc2)c2ccccc2)C(=O)C(=O)C(CO)=C1O. The third kappa shape index (κ3) is 7.12. The van der Waals surface area contributed by atoms with Crippen LogP contribution in [0, 0.1) is 0 Å². The predicted octanol–water partition coefficient (Wildman–Crippen LogP) is 6.76. The number of unbranched alkanes of at least 4 members (excludes halogenated alkanes) is 7. The minimum Gasteiger partial charge on any atom is -0.507 e. The highest BCUT2D eigenvalue weighted by Crippen LogP contribution is 2.56. The largest absolute Gasteiger partial charge is 0.507 e. The van der Waals surface area contributed by atoms with Gasteiger partial charge >= 0.3 is 0 Å². The van der Waals surface area contributed by atoms with Crippen molar-refractivity contribution >= 4 is 34.7 Å². The third-order valence-corrected chi connectivity index (χ3v) is 12.8. The van der Waals surface area contributed by atoms with Gasteiger partial charge in [-0.1, -0.05) is 86.7 Å². The second-order valence-corrected chi connectivity index (χ2v) is 14.5. The molecule has 0 aliphatic heterocycles. The number of Topliss-reactive ketones (excluding diaryl/α,β-unsaturated/α-hetero) is 2. The van der Waals surface area contributed by atoms with Gasteiger partial charge in [-0.05, 0) is 74.6 Å². The van der Waals surface area contributed by atoms with Gasteiger partial charge in [-0.3, -0.25) is 9.59 Å². The summed E-state index contributed by atoms with van der Waals surface area (Å²) in [5.74, 6) is -1.58.